The van der Waals surface area contributed by atoms with E-state index in [0.29, 0.717) is 19.3 Å². The molecule has 1 aliphatic heterocycles. The van der Waals surface area contributed by atoms with E-state index in [1.54, 1.807) is 0 Å². The van der Waals surface area contributed by atoms with Crippen LogP contribution in [0.5, 0.6) is 0 Å². The van der Waals surface area contributed by atoms with Gasteiger partial charge in [0.25, 0.3) is 0 Å². The van der Waals surface area contributed by atoms with Crippen molar-refractivity contribution in [2.24, 2.45) is 0 Å². The minimum absolute atomic E-state index is 0.0601. The smallest absolute Gasteiger partial charge is 0.335 e. The van der Waals surface area contributed by atoms with Crippen LogP contribution in [0.15, 0.2) is 60.8 Å². The summed E-state index contributed by atoms with van der Waals surface area (Å²) in [6, 6.07) is 0. The Hall–Kier alpha value is -3.58. The number of esters is 3. The van der Waals surface area contributed by atoms with Crippen molar-refractivity contribution in [2.45, 2.75) is 314 Å². The fraction of sp³-hybridized carbons (Fsp3) is 0.785. The van der Waals surface area contributed by atoms with Crippen LogP contribution in [0.1, 0.15) is 278 Å². The van der Waals surface area contributed by atoms with E-state index in [2.05, 4.69) is 81.5 Å². The Morgan fingerprint density at radius 3 is 1.21 bits per heavy atom. The molecule has 1 saturated heterocycles. The number of aliphatic hydroxyl groups is 2. The average Bonchev–Trinajstić information content (AvgIpc) is 3.42. The van der Waals surface area contributed by atoms with E-state index in [4.69, 9.17) is 23.7 Å². The number of ether oxygens (including phenoxy) is 5. The lowest BCUT2D eigenvalue weighted by atomic mass is 9.98. The van der Waals surface area contributed by atoms with E-state index in [-0.39, 0.29) is 25.9 Å². The number of unbranched alkanes of at least 4 members (excludes halogenated alkanes) is 29. The van der Waals surface area contributed by atoms with Gasteiger partial charge in [-0.15, -0.1) is 0 Å². The van der Waals surface area contributed by atoms with Crippen molar-refractivity contribution in [3.63, 3.8) is 0 Å². The molecule has 77 heavy (non-hydrogen) atoms. The molecule has 1 rings (SSSR count). The molecule has 0 aromatic heterocycles. The fourth-order valence-corrected chi connectivity index (χ4v) is 9.23. The molecule has 0 aromatic rings. The Labute approximate surface area is 468 Å². The molecule has 0 aromatic carbocycles. The number of rotatable bonds is 53. The number of hydrogen-bond acceptors (Lipinski definition) is 11. The molecular weight excluding hydrogens is 973 g/mol. The second kappa shape index (κ2) is 53.1. The van der Waals surface area contributed by atoms with Crippen LogP contribution in [-0.4, -0.2) is 89.2 Å². The average molecular weight is 1090 g/mol. The molecule has 1 aliphatic rings. The highest BCUT2D eigenvalue weighted by atomic mass is 16.7. The monoisotopic (exact) mass is 1080 g/mol. The molecule has 0 bridgehead atoms. The van der Waals surface area contributed by atoms with Gasteiger partial charge in [-0.3, -0.25) is 14.4 Å². The minimum atomic E-state index is -1.90. The van der Waals surface area contributed by atoms with Gasteiger partial charge in [0.05, 0.1) is 6.61 Å². The normalized spacial score (nSPS) is 18.4. The highest BCUT2D eigenvalue weighted by molar-refractivity contribution is 5.74. The van der Waals surface area contributed by atoms with Gasteiger partial charge in [-0.05, 0) is 89.9 Å². The number of aliphatic carboxylic acids is 1. The summed E-state index contributed by atoms with van der Waals surface area (Å²) in [4.78, 5) is 51.2. The van der Waals surface area contributed by atoms with E-state index in [0.717, 1.165) is 122 Å². The van der Waals surface area contributed by atoms with Crippen molar-refractivity contribution in [2.75, 3.05) is 13.2 Å². The lowest BCUT2D eigenvalue weighted by Crippen LogP contribution is -2.61. The predicted octanol–water partition coefficient (Wildman–Crippen LogP) is 16.3. The number of aliphatic hydroxyl groups excluding tert-OH is 2. The molecule has 6 unspecified atom stereocenters. The third-order valence-electron chi connectivity index (χ3n) is 14.1. The maximum atomic E-state index is 13.2. The summed E-state index contributed by atoms with van der Waals surface area (Å²) in [5.74, 6) is -3.13. The Morgan fingerprint density at radius 2 is 0.779 bits per heavy atom. The molecule has 12 heteroatoms. The van der Waals surface area contributed by atoms with Gasteiger partial charge in [0.2, 0.25) is 0 Å². The van der Waals surface area contributed by atoms with Crippen LogP contribution >= 0.6 is 0 Å². The van der Waals surface area contributed by atoms with Gasteiger partial charge in [0.15, 0.2) is 24.6 Å². The summed E-state index contributed by atoms with van der Waals surface area (Å²) >= 11 is 0. The van der Waals surface area contributed by atoms with Crippen molar-refractivity contribution in [1.29, 1.82) is 0 Å². The first-order chi connectivity index (χ1) is 37.6. The van der Waals surface area contributed by atoms with Crippen LogP contribution in [0.2, 0.25) is 0 Å². The van der Waals surface area contributed by atoms with Crippen LogP contribution in [0, 0.1) is 0 Å². The molecular formula is C65H112O12. The minimum Gasteiger partial charge on any atom is -0.479 e. The molecule has 0 amide bonds. The molecule has 12 nitrogen and oxygen atoms in total. The number of carboxylic acid groups (broad SMARTS) is 1. The van der Waals surface area contributed by atoms with Crippen LogP contribution in [0.3, 0.4) is 0 Å². The van der Waals surface area contributed by atoms with Gasteiger partial charge in [-0.25, -0.2) is 4.79 Å². The molecule has 3 N–H and O–H groups in total. The largest absolute Gasteiger partial charge is 0.479 e. The second-order valence-corrected chi connectivity index (χ2v) is 21.3. The molecule has 1 fully saturated rings. The first-order valence-electron chi connectivity index (χ1n) is 31.3. The van der Waals surface area contributed by atoms with Crippen molar-refractivity contribution >= 4 is 23.9 Å². The lowest BCUT2D eigenvalue weighted by Gasteiger charge is -2.40. The lowest BCUT2D eigenvalue weighted by molar-refractivity contribution is -0.301. The molecule has 6 atom stereocenters. The zero-order valence-electron chi connectivity index (χ0n) is 49.0. The van der Waals surface area contributed by atoms with Gasteiger partial charge in [-0.1, -0.05) is 229 Å². The van der Waals surface area contributed by atoms with E-state index in [1.807, 2.05) is 0 Å². The standard InChI is InChI=1S/C65H112O12/c1-4-7-10-13-16-19-22-24-26-28-29-31-32-34-37-39-42-45-48-51-57(66)73-54-56(75-58(67)52-49-46-43-41-38-35-33-30-27-25-23-20-17-14-11-8-5-2)55-74-65-63(61(70)60(69)62(77-65)64(71)72)76-59(68)53-50-47-44-40-36-21-18-15-12-9-6-3/h16-17,19-20,24-27,29,31,56,60-63,65,69-70H,4-15,18,21-23,28,30,32-55H2,1-3H3,(H,71,72)/b19-16-,20-17-,26-24-,27-25-,31-29-. The number of hydrogen-bond donors (Lipinski definition) is 3. The molecule has 0 spiro atoms. The molecule has 0 radical (unpaired) electrons. The van der Waals surface area contributed by atoms with Crippen molar-refractivity contribution in [3.05, 3.63) is 60.8 Å². The highest BCUT2D eigenvalue weighted by Gasteiger charge is 2.50. The van der Waals surface area contributed by atoms with E-state index in [9.17, 15) is 34.5 Å². The Morgan fingerprint density at radius 1 is 0.429 bits per heavy atom. The van der Waals surface area contributed by atoms with E-state index >= 15 is 0 Å². The molecule has 0 aliphatic carbocycles. The van der Waals surface area contributed by atoms with Crippen molar-refractivity contribution < 1.29 is 58.2 Å². The number of allylic oxidation sites excluding steroid dienone is 10. The van der Waals surface area contributed by atoms with Gasteiger partial charge in [-0.2, -0.15) is 0 Å². The number of carbonyl (C=O) groups excluding carboxylic acids is 3. The second-order valence-electron chi connectivity index (χ2n) is 21.3. The summed E-state index contributed by atoms with van der Waals surface area (Å²) in [5, 5.41) is 31.5. The summed E-state index contributed by atoms with van der Waals surface area (Å²) < 4.78 is 28.5. The summed E-state index contributed by atoms with van der Waals surface area (Å²) in [5.41, 5.74) is 0. The van der Waals surface area contributed by atoms with E-state index < -0.39 is 67.3 Å². The topological polar surface area (TPSA) is 175 Å². The third-order valence-corrected chi connectivity index (χ3v) is 14.1. The maximum Gasteiger partial charge on any atom is 0.335 e. The van der Waals surface area contributed by atoms with Crippen LogP contribution < -0.4 is 0 Å². The summed E-state index contributed by atoms with van der Waals surface area (Å²) in [6.45, 7) is 5.93. The summed E-state index contributed by atoms with van der Waals surface area (Å²) in [7, 11) is 0. The summed E-state index contributed by atoms with van der Waals surface area (Å²) in [6.07, 6.45) is 53.2. The SMILES string of the molecule is CCCCC/C=C\C/C=C\C/C=C\CCCCCCCCC(=O)OCC(COC1OC(C(=O)O)C(O)C(O)C1OC(=O)CCCCCCCCCCCCC)OC(=O)CCCCCCCCC/C=C\C/C=C\CCCCC. The van der Waals surface area contributed by atoms with Crippen molar-refractivity contribution in [3.8, 4) is 0 Å². The Bertz CT molecular complexity index is 1570. The van der Waals surface area contributed by atoms with E-state index in [1.165, 1.54) is 96.3 Å². The zero-order chi connectivity index (χ0) is 56.1. The quantitative estimate of drug-likeness (QED) is 0.0228. The van der Waals surface area contributed by atoms with Crippen LogP contribution in [0.25, 0.3) is 0 Å². The van der Waals surface area contributed by atoms with Gasteiger partial charge in [0.1, 0.15) is 18.8 Å². The first kappa shape index (κ1) is 71.4. The highest BCUT2D eigenvalue weighted by Crippen LogP contribution is 2.26. The fourth-order valence-electron chi connectivity index (χ4n) is 9.23. The van der Waals surface area contributed by atoms with Gasteiger partial charge < -0.3 is 39.0 Å². The Balaban J connectivity index is 2.67. The Kier molecular flexibility index (Phi) is 49.2. The predicted molar refractivity (Wildman–Crippen MR) is 312 cm³/mol. The maximum absolute atomic E-state index is 13.2. The van der Waals surface area contributed by atoms with Gasteiger partial charge >= 0.3 is 23.9 Å². The first-order valence-corrected chi connectivity index (χ1v) is 31.3. The zero-order valence-corrected chi connectivity index (χ0v) is 49.0. The van der Waals surface area contributed by atoms with Gasteiger partial charge in [0, 0.05) is 19.3 Å². The molecule has 444 valence electrons. The third kappa shape index (κ3) is 43.0. The van der Waals surface area contributed by atoms with Crippen LogP contribution in [0.4, 0.5) is 0 Å². The molecule has 0 saturated carbocycles. The van der Waals surface area contributed by atoms with Crippen molar-refractivity contribution in [1.82, 2.24) is 0 Å². The number of carbonyl (C=O) groups is 4. The van der Waals surface area contributed by atoms with Crippen LogP contribution in [-0.2, 0) is 42.9 Å². The molecule has 1 heterocycles. The number of carboxylic acids is 1.